The minimum absolute atomic E-state index is 0.0298. The van der Waals surface area contributed by atoms with Crippen molar-refractivity contribution in [1.82, 2.24) is 4.90 Å². The maximum atomic E-state index is 13.0. The molecule has 0 spiro atoms. The minimum Gasteiger partial charge on any atom is -0.395 e. The van der Waals surface area contributed by atoms with E-state index in [0.717, 1.165) is 19.3 Å². The average Bonchev–Trinajstić information content (AvgIpc) is 3.06. The summed E-state index contributed by atoms with van der Waals surface area (Å²) in [5.74, 6) is 1.34. The first-order valence-corrected chi connectivity index (χ1v) is 8.39. The summed E-state index contributed by atoms with van der Waals surface area (Å²) in [5, 5.41) is 9.33. The molecule has 4 nitrogen and oxygen atoms in total. The summed E-state index contributed by atoms with van der Waals surface area (Å²) in [6.07, 6.45) is 9.43. The Kier molecular flexibility index (Phi) is 4.32. The first-order chi connectivity index (χ1) is 9.72. The second-order valence-corrected chi connectivity index (χ2v) is 6.98. The molecular weight excluding hydrogens is 252 g/mol. The fourth-order valence-electron chi connectivity index (χ4n) is 4.87. The number of rotatable bonds is 4. The summed E-state index contributed by atoms with van der Waals surface area (Å²) in [4.78, 5) is 14.9. The van der Waals surface area contributed by atoms with Crippen molar-refractivity contribution in [3.8, 4) is 0 Å². The lowest BCUT2D eigenvalue weighted by Crippen LogP contribution is -2.51. The second kappa shape index (κ2) is 6.02. The Morgan fingerprint density at radius 2 is 1.80 bits per heavy atom. The molecule has 0 radical (unpaired) electrons. The van der Waals surface area contributed by atoms with Crippen LogP contribution in [0.1, 0.15) is 51.4 Å². The first-order valence-electron chi connectivity index (χ1n) is 8.39. The highest BCUT2D eigenvalue weighted by molar-refractivity contribution is 5.81. The fourth-order valence-corrected chi connectivity index (χ4v) is 4.87. The number of carbonyl (C=O) groups is 1. The molecule has 3 saturated carbocycles. The third-order valence-electron chi connectivity index (χ3n) is 5.91. The number of carbonyl (C=O) groups excluding carboxylic acids is 1. The van der Waals surface area contributed by atoms with Gasteiger partial charge in [0.1, 0.15) is 0 Å². The number of aliphatic hydroxyl groups is 1. The molecule has 2 bridgehead atoms. The van der Waals surface area contributed by atoms with E-state index in [1.165, 1.54) is 32.1 Å². The lowest BCUT2D eigenvalue weighted by atomic mass is 9.83. The van der Waals surface area contributed by atoms with Gasteiger partial charge in [-0.25, -0.2) is 0 Å². The Morgan fingerprint density at radius 1 is 1.10 bits per heavy atom. The van der Waals surface area contributed by atoms with Gasteiger partial charge >= 0.3 is 0 Å². The van der Waals surface area contributed by atoms with Crippen LogP contribution in [0.3, 0.4) is 0 Å². The van der Waals surface area contributed by atoms with E-state index in [1.54, 1.807) is 0 Å². The van der Waals surface area contributed by atoms with Crippen molar-refractivity contribution in [1.29, 1.82) is 0 Å². The molecule has 3 fully saturated rings. The molecule has 3 aliphatic rings. The van der Waals surface area contributed by atoms with Gasteiger partial charge in [-0.3, -0.25) is 4.79 Å². The highest BCUT2D eigenvalue weighted by Gasteiger charge is 2.50. The van der Waals surface area contributed by atoms with Gasteiger partial charge in [0.15, 0.2) is 0 Å². The summed E-state index contributed by atoms with van der Waals surface area (Å²) >= 11 is 0. The number of hydrogen-bond acceptors (Lipinski definition) is 3. The largest absolute Gasteiger partial charge is 0.395 e. The highest BCUT2D eigenvalue weighted by atomic mass is 16.3. The maximum absolute atomic E-state index is 13.0. The predicted molar refractivity (Wildman–Crippen MR) is 78.0 cm³/mol. The van der Waals surface area contributed by atoms with Gasteiger partial charge in [0, 0.05) is 18.6 Å². The van der Waals surface area contributed by atoms with Crippen LogP contribution in [0.15, 0.2) is 0 Å². The number of nitrogens with zero attached hydrogens (tertiary/aromatic N) is 1. The zero-order chi connectivity index (χ0) is 14.1. The molecule has 0 aromatic rings. The van der Waals surface area contributed by atoms with E-state index < -0.39 is 0 Å². The molecule has 0 aromatic heterocycles. The molecule has 0 heterocycles. The van der Waals surface area contributed by atoms with E-state index in [2.05, 4.69) is 0 Å². The minimum atomic E-state index is 0.0298. The number of nitrogens with two attached hydrogens (primary N) is 1. The number of aliphatic hydroxyl groups excluding tert-OH is 1. The van der Waals surface area contributed by atoms with Crippen LogP contribution in [0.2, 0.25) is 0 Å². The van der Waals surface area contributed by atoms with Gasteiger partial charge in [-0.15, -0.1) is 0 Å². The van der Waals surface area contributed by atoms with E-state index in [1.807, 2.05) is 4.90 Å². The van der Waals surface area contributed by atoms with E-state index in [4.69, 9.17) is 5.73 Å². The molecule has 0 saturated heterocycles. The highest BCUT2D eigenvalue weighted by Crippen LogP contribution is 2.48. The Hall–Kier alpha value is -0.610. The molecule has 4 unspecified atom stereocenters. The van der Waals surface area contributed by atoms with Crippen LogP contribution in [0, 0.1) is 17.8 Å². The van der Waals surface area contributed by atoms with Crippen LogP contribution < -0.4 is 5.73 Å². The van der Waals surface area contributed by atoms with E-state index in [0.29, 0.717) is 24.4 Å². The maximum Gasteiger partial charge on any atom is 0.227 e. The summed E-state index contributed by atoms with van der Waals surface area (Å²) in [6.45, 7) is 0.558. The van der Waals surface area contributed by atoms with Crippen molar-refractivity contribution in [2.45, 2.75) is 63.5 Å². The molecule has 0 aliphatic heterocycles. The van der Waals surface area contributed by atoms with Gasteiger partial charge in [-0.2, -0.15) is 0 Å². The van der Waals surface area contributed by atoms with Gasteiger partial charge in [0.05, 0.1) is 12.5 Å². The van der Waals surface area contributed by atoms with Crippen molar-refractivity contribution in [3.05, 3.63) is 0 Å². The quantitative estimate of drug-likeness (QED) is 0.820. The molecule has 3 rings (SSSR count). The predicted octanol–water partition coefficient (Wildman–Crippen LogP) is 1.51. The molecule has 0 aromatic carbocycles. The molecule has 1 amide bonds. The van der Waals surface area contributed by atoms with Crippen molar-refractivity contribution >= 4 is 5.91 Å². The van der Waals surface area contributed by atoms with Crippen molar-refractivity contribution in [2.75, 3.05) is 13.2 Å². The number of amides is 1. The van der Waals surface area contributed by atoms with Crippen LogP contribution in [-0.4, -0.2) is 41.1 Å². The Bertz CT molecular complexity index is 352. The van der Waals surface area contributed by atoms with Crippen LogP contribution in [0.4, 0.5) is 0 Å². The molecule has 4 atom stereocenters. The third kappa shape index (κ3) is 2.48. The topological polar surface area (TPSA) is 66.6 Å². The van der Waals surface area contributed by atoms with Crippen molar-refractivity contribution in [3.63, 3.8) is 0 Å². The monoisotopic (exact) mass is 280 g/mol. The Morgan fingerprint density at radius 3 is 2.40 bits per heavy atom. The lowest BCUT2D eigenvalue weighted by Gasteiger charge is -2.38. The van der Waals surface area contributed by atoms with Crippen LogP contribution in [0.25, 0.3) is 0 Å². The molecule has 3 aliphatic carbocycles. The van der Waals surface area contributed by atoms with Gasteiger partial charge in [0.2, 0.25) is 5.91 Å². The number of fused-ring (bicyclic) bond motifs is 2. The van der Waals surface area contributed by atoms with Crippen LogP contribution in [0.5, 0.6) is 0 Å². The summed E-state index contributed by atoms with van der Waals surface area (Å²) < 4.78 is 0. The van der Waals surface area contributed by atoms with Gasteiger partial charge in [-0.05, 0) is 43.9 Å². The van der Waals surface area contributed by atoms with Crippen LogP contribution in [-0.2, 0) is 4.79 Å². The summed E-state index contributed by atoms with van der Waals surface area (Å²) in [5.41, 5.74) is 6.32. The SMILES string of the molecule is NC1C2CCC(C2)C1C(=O)N(CCO)C1CCCCC1. The van der Waals surface area contributed by atoms with E-state index in [-0.39, 0.29) is 24.5 Å². The van der Waals surface area contributed by atoms with E-state index >= 15 is 0 Å². The van der Waals surface area contributed by atoms with E-state index in [9.17, 15) is 9.90 Å². The molecule has 20 heavy (non-hydrogen) atoms. The fraction of sp³-hybridized carbons (Fsp3) is 0.938. The second-order valence-electron chi connectivity index (χ2n) is 6.98. The zero-order valence-electron chi connectivity index (χ0n) is 12.3. The van der Waals surface area contributed by atoms with Gasteiger partial charge in [-0.1, -0.05) is 19.3 Å². The van der Waals surface area contributed by atoms with Gasteiger partial charge < -0.3 is 15.7 Å². The Balaban J connectivity index is 1.71. The average molecular weight is 280 g/mol. The molecule has 3 N–H and O–H groups in total. The molecular formula is C16H28N2O2. The molecule has 114 valence electrons. The summed E-state index contributed by atoms with van der Waals surface area (Å²) in [7, 11) is 0. The zero-order valence-corrected chi connectivity index (χ0v) is 12.3. The number of hydrogen-bond donors (Lipinski definition) is 2. The first kappa shape index (κ1) is 14.3. The standard InChI is InChI=1S/C16H28N2O2/c17-15-12-7-6-11(10-12)14(15)16(20)18(8-9-19)13-4-2-1-3-5-13/h11-15,19H,1-10,17H2. The third-order valence-corrected chi connectivity index (χ3v) is 5.91. The van der Waals surface area contributed by atoms with Gasteiger partial charge in [0.25, 0.3) is 0 Å². The lowest BCUT2D eigenvalue weighted by molar-refractivity contribution is -0.141. The van der Waals surface area contributed by atoms with Crippen LogP contribution >= 0.6 is 0 Å². The molecule has 4 heteroatoms. The van der Waals surface area contributed by atoms with Crippen molar-refractivity contribution < 1.29 is 9.90 Å². The normalized spacial score (nSPS) is 37.3. The smallest absolute Gasteiger partial charge is 0.227 e. The summed E-state index contributed by atoms with van der Waals surface area (Å²) in [6, 6.07) is 0.403. The Labute approximate surface area is 121 Å². The van der Waals surface area contributed by atoms with Crippen molar-refractivity contribution in [2.24, 2.45) is 23.5 Å².